The summed E-state index contributed by atoms with van der Waals surface area (Å²) >= 11 is 0. The molecule has 7 heteroatoms. The number of hydrogen-bond donors (Lipinski definition) is 2. The van der Waals surface area contributed by atoms with Crippen molar-refractivity contribution >= 4 is 39.8 Å². The normalized spacial score (nSPS) is 18.5. The van der Waals surface area contributed by atoms with Gasteiger partial charge in [0.1, 0.15) is 9.84 Å². The molecular formula is C17H36IN3O2S. The molecule has 0 heterocycles. The Bertz CT molecular complexity index is 508. The predicted molar refractivity (Wildman–Crippen MR) is 114 cm³/mol. The summed E-state index contributed by atoms with van der Waals surface area (Å²) in [4.78, 5) is 4.65. The van der Waals surface area contributed by atoms with Crippen LogP contribution < -0.4 is 10.6 Å². The lowest BCUT2D eigenvalue weighted by atomic mass is 9.89. The maximum Gasteiger partial charge on any atom is 0.191 e. The van der Waals surface area contributed by atoms with Crippen molar-refractivity contribution in [3.05, 3.63) is 0 Å². The molecule has 0 amide bonds. The standard InChI is InChI=1S/C17H35N3O2S.HI/c1-7-18-15(20-14(2)8-9-16(3,4)5)19-12-17(10-11-17)13-23(6,21)22;/h14H,7-13H2,1-6H3,(H2,18,19,20);1H. The first kappa shape index (κ1) is 23.9. The smallest absolute Gasteiger partial charge is 0.191 e. The summed E-state index contributed by atoms with van der Waals surface area (Å²) in [6.07, 6.45) is 5.47. The van der Waals surface area contributed by atoms with Crippen LogP contribution in [-0.4, -0.2) is 45.5 Å². The van der Waals surface area contributed by atoms with Gasteiger partial charge in [0.15, 0.2) is 5.96 Å². The summed E-state index contributed by atoms with van der Waals surface area (Å²) < 4.78 is 23.1. The number of nitrogens with zero attached hydrogens (tertiary/aromatic N) is 1. The van der Waals surface area contributed by atoms with Crippen LogP contribution in [0.3, 0.4) is 0 Å². The molecular weight excluding hydrogens is 437 g/mol. The van der Waals surface area contributed by atoms with Gasteiger partial charge in [-0.15, -0.1) is 24.0 Å². The number of rotatable bonds is 8. The van der Waals surface area contributed by atoms with Gasteiger partial charge in [-0.25, -0.2) is 8.42 Å². The van der Waals surface area contributed by atoms with Gasteiger partial charge in [0.25, 0.3) is 0 Å². The van der Waals surface area contributed by atoms with E-state index < -0.39 is 9.84 Å². The van der Waals surface area contributed by atoms with Gasteiger partial charge in [0.2, 0.25) is 0 Å². The fourth-order valence-electron chi connectivity index (χ4n) is 2.60. The van der Waals surface area contributed by atoms with Crippen LogP contribution in [0.5, 0.6) is 0 Å². The van der Waals surface area contributed by atoms with Gasteiger partial charge in [-0.2, -0.15) is 0 Å². The highest BCUT2D eigenvalue weighted by Gasteiger charge is 2.45. The van der Waals surface area contributed by atoms with E-state index >= 15 is 0 Å². The SMILES string of the molecule is CCNC(=NCC1(CS(C)(=O)=O)CC1)NC(C)CCC(C)(C)C.I. The van der Waals surface area contributed by atoms with Gasteiger partial charge in [0, 0.05) is 30.8 Å². The second-order valence-corrected chi connectivity index (χ2v) is 10.6. The molecule has 0 spiro atoms. The largest absolute Gasteiger partial charge is 0.357 e. The van der Waals surface area contributed by atoms with Crippen molar-refractivity contribution in [2.75, 3.05) is 25.1 Å². The van der Waals surface area contributed by atoms with Gasteiger partial charge in [-0.05, 0) is 44.9 Å². The zero-order valence-corrected chi connectivity index (χ0v) is 19.3. The molecule has 1 fully saturated rings. The third-order valence-corrected chi connectivity index (χ3v) is 5.29. The Labute approximate surface area is 165 Å². The first-order valence-electron chi connectivity index (χ1n) is 8.67. The van der Waals surface area contributed by atoms with Crippen molar-refractivity contribution in [2.24, 2.45) is 15.8 Å². The minimum atomic E-state index is -2.94. The lowest BCUT2D eigenvalue weighted by Crippen LogP contribution is -2.43. The molecule has 0 aliphatic heterocycles. The summed E-state index contributed by atoms with van der Waals surface area (Å²) in [7, 11) is -2.94. The van der Waals surface area contributed by atoms with Gasteiger partial charge in [-0.3, -0.25) is 4.99 Å². The number of guanidine groups is 1. The topological polar surface area (TPSA) is 70.6 Å². The van der Waals surface area contributed by atoms with Crippen molar-refractivity contribution in [3.8, 4) is 0 Å². The Morgan fingerprint density at radius 1 is 1.29 bits per heavy atom. The second kappa shape index (κ2) is 9.59. The lowest BCUT2D eigenvalue weighted by Gasteiger charge is -2.23. The van der Waals surface area contributed by atoms with Gasteiger partial charge in [-0.1, -0.05) is 20.8 Å². The Morgan fingerprint density at radius 2 is 1.88 bits per heavy atom. The zero-order valence-electron chi connectivity index (χ0n) is 16.1. The molecule has 1 unspecified atom stereocenters. The molecule has 1 atom stereocenters. The summed E-state index contributed by atoms with van der Waals surface area (Å²) in [5.41, 5.74) is 0.212. The molecule has 0 bridgehead atoms. The first-order chi connectivity index (χ1) is 10.4. The fourth-order valence-corrected chi connectivity index (χ4v) is 4.10. The fraction of sp³-hybridized carbons (Fsp3) is 0.941. The van der Waals surface area contributed by atoms with Crippen molar-refractivity contribution < 1.29 is 8.42 Å². The molecule has 24 heavy (non-hydrogen) atoms. The number of halogens is 1. The molecule has 0 radical (unpaired) electrons. The van der Waals surface area contributed by atoms with Crippen LogP contribution in [0.2, 0.25) is 0 Å². The number of nitrogens with one attached hydrogen (secondary N) is 2. The average molecular weight is 473 g/mol. The van der Waals surface area contributed by atoms with Crippen LogP contribution in [0, 0.1) is 10.8 Å². The summed E-state index contributed by atoms with van der Waals surface area (Å²) in [6, 6.07) is 0.345. The molecule has 0 aromatic carbocycles. The zero-order chi connectivity index (χ0) is 17.7. The van der Waals surface area contributed by atoms with Crippen molar-refractivity contribution in [3.63, 3.8) is 0 Å². The van der Waals surface area contributed by atoms with E-state index in [0.29, 0.717) is 18.0 Å². The Hall–Kier alpha value is -0.0500. The molecule has 5 nitrogen and oxygen atoms in total. The molecule has 0 aromatic heterocycles. The van der Waals surface area contributed by atoms with Crippen LogP contribution >= 0.6 is 24.0 Å². The van der Waals surface area contributed by atoms with E-state index in [1.165, 1.54) is 6.26 Å². The predicted octanol–water partition coefficient (Wildman–Crippen LogP) is 3.20. The molecule has 144 valence electrons. The van der Waals surface area contributed by atoms with E-state index in [1.807, 2.05) is 6.92 Å². The Balaban J connectivity index is 0.00000529. The highest BCUT2D eigenvalue weighted by Crippen LogP contribution is 2.46. The lowest BCUT2D eigenvalue weighted by molar-refractivity contribution is 0.346. The molecule has 1 saturated carbocycles. The maximum atomic E-state index is 11.5. The van der Waals surface area contributed by atoms with E-state index in [1.54, 1.807) is 0 Å². The van der Waals surface area contributed by atoms with Gasteiger partial charge in [0.05, 0.1) is 5.75 Å². The monoisotopic (exact) mass is 473 g/mol. The Kier molecular flexibility index (Phi) is 9.57. The average Bonchev–Trinajstić information content (AvgIpc) is 3.11. The highest BCUT2D eigenvalue weighted by atomic mass is 127. The molecule has 2 N–H and O–H groups in total. The van der Waals surface area contributed by atoms with E-state index in [4.69, 9.17) is 0 Å². The Morgan fingerprint density at radius 3 is 2.29 bits per heavy atom. The highest BCUT2D eigenvalue weighted by molar-refractivity contribution is 14.0. The van der Waals surface area contributed by atoms with Crippen LogP contribution in [0.15, 0.2) is 4.99 Å². The van der Waals surface area contributed by atoms with Crippen LogP contribution in [0.25, 0.3) is 0 Å². The quantitative estimate of drug-likeness (QED) is 0.323. The third-order valence-electron chi connectivity index (χ3n) is 4.15. The van der Waals surface area contributed by atoms with Crippen molar-refractivity contribution in [2.45, 2.75) is 66.3 Å². The van der Waals surface area contributed by atoms with Crippen LogP contribution in [-0.2, 0) is 9.84 Å². The van der Waals surface area contributed by atoms with E-state index in [0.717, 1.165) is 38.2 Å². The summed E-state index contributed by atoms with van der Waals surface area (Å²) in [5.74, 6) is 1.05. The van der Waals surface area contributed by atoms with Crippen molar-refractivity contribution in [1.82, 2.24) is 10.6 Å². The van der Waals surface area contributed by atoms with Gasteiger partial charge < -0.3 is 10.6 Å². The summed E-state index contributed by atoms with van der Waals surface area (Å²) in [6.45, 7) is 12.4. The summed E-state index contributed by atoms with van der Waals surface area (Å²) in [5, 5.41) is 6.71. The maximum absolute atomic E-state index is 11.5. The third kappa shape index (κ3) is 10.7. The number of hydrogen-bond acceptors (Lipinski definition) is 3. The number of aliphatic imine (C=N–C) groups is 1. The number of sulfone groups is 1. The van der Waals surface area contributed by atoms with Gasteiger partial charge >= 0.3 is 0 Å². The molecule has 1 aliphatic rings. The molecule has 0 saturated heterocycles. The van der Waals surface area contributed by atoms with E-state index in [2.05, 4.69) is 43.3 Å². The second-order valence-electron chi connectivity index (χ2n) is 8.41. The van der Waals surface area contributed by atoms with E-state index in [9.17, 15) is 8.42 Å². The molecule has 1 rings (SSSR count). The van der Waals surface area contributed by atoms with Crippen molar-refractivity contribution in [1.29, 1.82) is 0 Å². The van der Waals surface area contributed by atoms with Crippen LogP contribution in [0.4, 0.5) is 0 Å². The van der Waals surface area contributed by atoms with Crippen LogP contribution in [0.1, 0.15) is 60.3 Å². The van der Waals surface area contributed by atoms with E-state index in [-0.39, 0.29) is 35.1 Å². The first-order valence-corrected chi connectivity index (χ1v) is 10.7. The molecule has 0 aromatic rings. The minimum absolute atomic E-state index is 0. The molecule has 1 aliphatic carbocycles. The minimum Gasteiger partial charge on any atom is -0.357 e.